The molecule has 0 aliphatic rings. The Morgan fingerprint density at radius 2 is 1.80 bits per heavy atom. The number of aromatic nitrogens is 1. The molecule has 0 spiro atoms. The summed E-state index contributed by atoms with van der Waals surface area (Å²) < 4.78 is 5.66. The molecule has 4 heteroatoms. The number of alkyl halides is 1. The van der Waals surface area contributed by atoms with Crippen LogP contribution >= 0.6 is 11.6 Å². The first-order valence-electron chi connectivity index (χ1n) is 6.57. The number of nitrogens with zero attached hydrogens (tertiary/aromatic N) is 1. The van der Waals surface area contributed by atoms with Gasteiger partial charge in [-0.1, -0.05) is 42.5 Å². The number of hydrogen-bond acceptors (Lipinski definition) is 3. The maximum absolute atomic E-state index is 6.03. The number of para-hydroxylation sites is 2. The fraction of sp³-hybridized carbons (Fsp3) is 0.188. The largest absolute Gasteiger partial charge is 0.424 e. The number of anilines is 1. The van der Waals surface area contributed by atoms with E-state index < -0.39 is 0 Å². The van der Waals surface area contributed by atoms with Gasteiger partial charge < -0.3 is 9.73 Å². The highest BCUT2D eigenvalue weighted by atomic mass is 35.5. The first-order chi connectivity index (χ1) is 9.85. The van der Waals surface area contributed by atoms with Gasteiger partial charge in [-0.2, -0.15) is 4.98 Å². The standard InChI is InChI=1S/C16H15ClN2O/c17-11-13(10-12-6-2-1-3-7-12)18-16-19-14-8-4-5-9-15(14)20-16/h1-9,13H,10-11H2,(H,18,19). The van der Waals surface area contributed by atoms with E-state index in [0.29, 0.717) is 11.9 Å². The molecule has 0 saturated carbocycles. The second-order valence-corrected chi connectivity index (χ2v) is 4.98. The molecule has 0 bridgehead atoms. The number of benzene rings is 2. The van der Waals surface area contributed by atoms with Crippen LogP contribution in [-0.4, -0.2) is 16.9 Å². The van der Waals surface area contributed by atoms with E-state index in [-0.39, 0.29) is 6.04 Å². The van der Waals surface area contributed by atoms with Crippen molar-refractivity contribution < 1.29 is 4.42 Å². The van der Waals surface area contributed by atoms with E-state index in [1.165, 1.54) is 5.56 Å². The molecule has 2 aromatic carbocycles. The van der Waals surface area contributed by atoms with E-state index in [2.05, 4.69) is 22.4 Å². The molecule has 0 fully saturated rings. The van der Waals surface area contributed by atoms with E-state index in [1.54, 1.807) is 0 Å². The first kappa shape index (κ1) is 13.0. The minimum Gasteiger partial charge on any atom is -0.424 e. The predicted molar refractivity (Wildman–Crippen MR) is 82.3 cm³/mol. The maximum atomic E-state index is 6.03. The zero-order chi connectivity index (χ0) is 13.8. The Morgan fingerprint density at radius 1 is 1.05 bits per heavy atom. The smallest absolute Gasteiger partial charge is 0.295 e. The molecule has 3 rings (SSSR count). The quantitative estimate of drug-likeness (QED) is 0.718. The zero-order valence-corrected chi connectivity index (χ0v) is 11.7. The van der Waals surface area contributed by atoms with Crippen molar-refractivity contribution in [3.8, 4) is 0 Å². The van der Waals surface area contributed by atoms with Crippen LogP contribution in [0, 0.1) is 0 Å². The number of hydrogen-bond donors (Lipinski definition) is 1. The Bertz CT molecular complexity index is 648. The van der Waals surface area contributed by atoms with E-state index in [4.69, 9.17) is 16.0 Å². The molecule has 1 heterocycles. The summed E-state index contributed by atoms with van der Waals surface area (Å²) in [6, 6.07) is 18.6. The topological polar surface area (TPSA) is 38.1 Å². The van der Waals surface area contributed by atoms with Crippen LogP contribution in [0.25, 0.3) is 11.1 Å². The number of fused-ring (bicyclic) bond motifs is 1. The van der Waals surface area contributed by atoms with Crippen molar-refractivity contribution in [3.05, 3.63) is 60.2 Å². The summed E-state index contributed by atoms with van der Waals surface area (Å²) in [5.74, 6) is 0.494. The summed E-state index contributed by atoms with van der Waals surface area (Å²) in [4.78, 5) is 4.41. The van der Waals surface area contributed by atoms with Crippen LogP contribution in [-0.2, 0) is 6.42 Å². The molecule has 1 unspecified atom stereocenters. The van der Waals surface area contributed by atoms with Crippen molar-refractivity contribution >= 4 is 28.7 Å². The molecule has 1 N–H and O–H groups in total. The van der Waals surface area contributed by atoms with E-state index in [0.717, 1.165) is 17.5 Å². The third-order valence-electron chi connectivity index (χ3n) is 3.13. The Kier molecular flexibility index (Phi) is 3.88. The normalized spacial score (nSPS) is 12.4. The Balaban J connectivity index is 1.74. The Morgan fingerprint density at radius 3 is 2.55 bits per heavy atom. The second-order valence-electron chi connectivity index (χ2n) is 4.67. The van der Waals surface area contributed by atoms with Crippen molar-refractivity contribution in [3.63, 3.8) is 0 Å². The van der Waals surface area contributed by atoms with Crippen molar-refractivity contribution in [1.82, 2.24) is 4.98 Å². The van der Waals surface area contributed by atoms with Crippen LogP contribution in [0.4, 0.5) is 6.01 Å². The Hall–Kier alpha value is -2.00. The second kappa shape index (κ2) is 5.97. The number of oxazole rings is 1. The summed E-state index contributed by atoms with van der Waals surface area (Å²) in [7, 11) is 0. The van der Waals surface area contributed by atoms with E-state index in [9.17, 15) is 0 Å². The molecule has 0 saturated heterocycles. The lowest BCUT2D eigenvalue weighted by atomic mass is 10.1. The molecular formula is C16H15ClN2O. The Labute approximate surface area is 122 Å². The highest BCUT2D eigenvalue weighted by molar-refractivity contribution is 6.18. The predicted octanol–water partition coefficient (Wildman–Crippen LogP) is 4.09. The SMILES string of the molecule is ClCC(Cc1ccccc1)Nc1nc2ccccc2o1. The summed E-state index contributed by atoms with van der Waals surface area (Å²) in [6.45, 7) is 0. The van der Waals surface area contributed by atoms with Gasteiger partial charge in [0.2, 0.25) is 0 Å². The van der Waals surface area contributed by atoms with Gasteiger partial charge in [-0.25, -0.2) is 0 Å². The fourth-order valence-corrected chi connectivity index (χ4v) is 2.34. The van der Waals surface area contributed by atoms with Crippen molar-refractivity contribution in [2.75, 3.05) is 11.2 Å². The lowest BCUT2D eigenvalue weighted by molar-refractivity contribution is 0.599. The molecule has 1 atom stereocenters. The van der Waals surface area contributed by atoms with Gasteiger partial charge in [0.25, 0.3) is 6.01 Å². The monoisotopic (exact) mass is 286 g/mol. The summed E-state index contributed by atoms with van der Waals surface area (Å²) >= 11 is 6.03. The molecular weight excluding hydrogens is 272 g/mol. The van der Waals surface area contributed by atoms with Crippen molar-refractivity contribution in [2.24, 2.45) is 0 Å². The minimum absolute atomic E-state index is 0.0899. The third-order valence-corrected chi connectivity index (χ3v) is 3.51. The molecule has 0 amide bonds. The van der Waals surface area contributed by atoms with Crippen LogP contribution in [0.1, 0.15) is 5.56 Å². The molecule has 0 aliphatic heterocycles. The van der Waals surface area contributed by atoms with Crippen LogP contribution < -0.4 is 5.32 Å². The highest BCUT2D eigenvalue weighted by Crippen LogP contribution is 2.19. The van der Waals surface area contributed by atoms with E-state index >= 15 is 0 Å². The molecule has 102 valence electrons. The van der Waals surface area contributed by atoms with Gasteiger partial charge in [0, 0.05) is 11.9 Å². The van der Waals surface area contributed by atoms with Crippen LogP contribution in [0.3, 0.4) is 0 Å². The molecule has 3 nitrogen and oxygen atoms in total. The van der Waals surface area contributed by atoms with Crippen molar-refractivity contribution in [2.45, 2.75) is 12.5 Å². The van der Waals surface area contributed by atoms with Crippen LogP contribution in [0.2, 0.25) is 0 Å². The van der Waals surface area contributed by atoms with Gasteiger partial charge in [0.15, 0.2) is 5.58 Å². The molecule has 3 aromatic rings. The van der Waals surface area contributed by atoms with Crippen LogP contribution in [0.15, 0.2) is 59.0 Å². The maximum Gasteiger partial charge on any atom is 0.295 e. The number of nitrogens with one attached hydrogen (secondary N) is 1. The molecule has 0 radical (unpaired) electrons. The van der Waals surface area contributed by atoms with Gasteiger partial charge >= 0.3 is 0 Å². The molecule has 1 aromatic heterocycles. The van der Waals surface area contributed by atoms with E-state index in [1.807, 2.05) is 42.5 Å². The summed E-state index contributed by atoms with van der Waals surface area (Å²) in [5.41, 5.74) is 2.87. The molecule has 20 heavy (non-hydrogen) atoms. The lowest BCUT2D eigenvalue weighted by Crippen LogP contribution is -2.24. The molecule has 0 aliphatic carbocycles. The minimum atomic E-state index is 0.0899. The first-order valence-corrected chi connectivity index (χ1v) is 7.10. The third kappa shape index (κ3) is 2.94. The highest BCUT2D eigenvalue weighted by Gasteiger charge is 2.12. The summed E-state index contributed by atoms with van der Waals surface area (Å²) in [6.07, 6.45) is 0.836. The van der Waals surface area contributed by atoms with Gasteiger partial charge in [-0.05, 0) is 24.1 Å². The fourth-order valence-electron chi connectivity index (χ4n) is 2.15. The average molecular weight is 287 g/mol. The van der Waals surface area contributed by atoms with Crippen molar-refractivity contribution in [1.29, 1.82) is 0 Å². The zero-order valence-electron chi connectivity index (χ0n) is 10.9. The van der Waals surface area contributed by atoms with Crippen LogP contribution in [0.5, 0.6) is 0 Å². The van der Waals surface area contributed by atoms with Gasteiger partial charge in [0.1, 0.15) is 5.52 Å². The number of rotatable bonds is 5. The number of halogens is 1. The van der Waals surface area contributed by atoms with Gasteiger partial charge in [-0.15, -0.1) is 11.6 Å². The van der Waals surface area contributed by atoms with Gasteiger partial charge in [0.05, 0.1) is 0 Å². The lowest BCUT2D eigenvalue weighted by Gasteiger charge is -2.14. The summed E-state index contributed by atoms with van der Waals surface area (Å²) in [5, 5.41) is 3.26. The van der Waals surface area contributed by atoms with Gasteiger partial charge in [-0.3, -0.25) is 0 Å². The average Bonchev–Trinajstić information content (AvgIpc) is 2.90.